The van der Waals surface area contributed by atoms with Crippen LogP contribution in [0, 0.1) is 12.8 Å². The summed E-state index contributed by atoms with van der Waals surface area (Å²) in [6.07, 6.45) is 5.49. The Hall–Kier alpha value is -1.63. The van der Waals surface area contributed by atoms with Crippen molar-refractivity contribution in [3.05, 3.63) is 39.0 Å². The van der Waals surface area contributed by atoms with Gasteiger partial charge in [-0.05, 0) is 34.3 Å². The summed E-state index contributed by atoms with van der Waals surface area (Å²) in [6.45, 7) is 8.14. The zero-order chi connectivity index (χ0) is 15.4. The van der Waals surface area contributed by atoms with E-state index in [4.69, 9.17) is 0 Å². The van der Waals surface area contributed by atoms with Crippen molar-refractivity contribution in [2.45, 2.75) is 33.9 Å². The number of hydrogen-bond donors (Lipinski definition) is 1. The van der Waals surface area contributed by atoms with Crippen molar-refractivity contribution in [2.75, 3.05) is 11.9 Å². The molecule has 21 heavy (non-hydrogen) atoms. The molecule has 0 aliphatic heterocycles. The Balaban J connectivity index is 2.00. The molecule has 7 heteroatoms. The van der Waals surface area contributed by atoms with Gasteiger partial charge in [-0.25, -0.2) is 4.68 Å². The van der Waals surface area contributed by atoms with Crippen LogP contribution in [0.1, 0.15) is 19.4 Å². The third kappa shape index (κ3) is 4.17. The molecule has 0 aliphatic rings. The van der Waals surface area contributed by atoms with Crippen LogP contribution in [0.15, 0.2) is 27.9 Å². The Morgan fingerprint density at radius 3 is 2.71 bits per heavy atom. The van der Waals surface area contributed by atoms with E-state index in [1.165, 1.54) is 4.68 Å². The van der Waals surface area contributed by atoms with E-state index in [9.17, 15) is 4.79 Å². The molecule has 114 valence electrons. The van der Waals surface area contributed by atoms with Gasteiger partial charge < -0.3 is 5.32 Å². The lowest BCUT2D eigenvalue weighted by Gasteiger charge is -2.11. The maximum Gasteiger partial charge on any atom is 0.283 e. The fourth-order valence-electron chi connectivity index (χ4n) is 1.96. The van der Waals surface area contributed by atoms with E-state index in [0.29, 0.717) is 29.2 Å². The number of nitrogens with one attached hydrogen (secondary N) is 1. The SMILES string of the molecule is Cc1cnn(CCNc2cnn(CC(C)C)c(=O)c2Br)c1. The van der Waals surface area contributed by atoms with Crippen molar-refractivity contribution >= 4 is 21.6 Å². The second-order valence-electron chi connectivity index (χ2n) is 5.46. The first-order valence-electron chi connectivity index (χ1n) is 6.96. The number of rotatable bonds is 6. The van der Waals surface area contributed by atoms with E-state index in [-0.39, 0.29) is 5.56 Å². The summed E-state index contributed by atoms with van der Waals surface area (Å²) in [5, 5.41) is 11.6. The van der Waals surface area contributed by atoms with Gasteiger partial charge in [0.2, 0.25) is 0 Å². The lowest BCUT2D eigenvalue weighted by molar-refractivity contribution is 0.462. The highest BCUT2D eigenvalue weighted by Gasteiger charge is 2.09. The summed E-state index contributed by atoms with van der Waals surface area (Å²) >= 11 is 3.35. The molecule has 2 heterocycles. The van der Waals surface area contributed by atoms with Crippen molar-refractivity contribution in [1.82, 2.24) is 19.6 Å². The van der Waals surface area contributed by atoms with Gasteiger partial charge in [-0.15, -0.1) is 0 Å². The van der Waals surface area contributed by atoms with Gasteiger partial charge in [0.05, 0.1) is 24.6 Å². The van der Waals surface area contributed by atoms with Crippen molar-refractivity contribution in [3.63, 3.8) is 0 Å². The first-order valence-corrected chi connectivity index (χ1v) is 7.75. The highest BCUT2D eigenvalue weighted by atomic mass is 79.9. The van der Waals surface area contributed by atoms with Gasteiger partial charge in [0.1, 0.15) is 4.47 Å². The van der Waals surface area contributed by atoms with Crippen LogP contribution in [0.4, 0.5) is 5.69 Å². The van der Waals surface area contributed by atoms with E-state index in [1.807, 2.05) is 24.0 Å². The minimum atomic E-state index is -0.108. The Bertz CT molecular complexity index is 662. The average Bonchev–Trinajstić information content (AvgIpc) is 2.83. The van der Waals surface area contributed by atoms with Crippen molar-refractivity contribution in [2.24, 2.45) is 5.92 Å². The predicted molar refractivity (Wildman–Crippen MR) is 86.5 cm³/mol. The zero-order valence-electron chi connectivity index (χ0n) is 12.5. The largest absolute Gasteiger partial charge is 0.381 e. The van der Waals surface area contributed by atoms with E-state index >= 15 is 0 Å². The normalized spacial score (nSPS) is 11.1. The lowest BCUT2D eigenvalue weighted by atomic mass is 10.2. The molecule has 2 aromatic heterocycles. The maximum atomic E-state index is 12.2. The van der Waals surface area contributed by atoms with Crippen LogP contribution in [0.25, 0.3) is 0 Å². The van der Waals surface area contributed by atoms with Crippen molar-refractivity contribution < 1.29 is 0 Å². The summed E-state index contributed by atoms with van der Waals surface area (Å²) in [7, 11) is 0. The third-order valence-electron chi connectivity index (χ3n) is 2.94. The van der Waals surface area contributed by atoms with Gasteiger partial charge in [0, 0.05) is 19.3 Å². The van der Waals surface area contributed by atoms with E-state index in [0.717, 1.165) is 12.1 Å². The third-order valence-corrected chi connectivity index (χ3v) is 3.71. The molecule has 0 saturated carbocycles. The molecular formula is C14H20BrN5O. The second-order valence-corrected chi connectivity index (χ2v) is 6.25. The molecule has 6 nitrogen and oxygen atoms in total. The van der Waals surface area contributed by atoms with Crippen LogP contribution in [-0.2, 0) is 13.1 Å². The molecule has 1 N–H and O–H groups in total. The molecule has 0 saturated heterocycles. The minimum absolute atomic E-state index is 0.108. The minimum Gasteiger partial charge on any atom is -0.381 e. The number of halogens is 1. The van der Waals surface area contributed by atoms with E-state index in [2.05, 4.69) is 45.3 Å². The molecule has 0 unspecified atom stereocenters. The molecule has 0 bridgehead atoms. The molecule has 0 radical (unpaired) electrons. The van der Waals surface area contributed by atoms with Gasteiger partial charge in [-0.2, -0.15) is 10.2 Å². The van der Waals surface area contributed by atoms with Gasteiger partial charge in [0.15, 0.2) is 0 Å². The van der Waals surface area contributed by atoms with Crippen LogP contribution in [0.2, 0.25) is 0 Å². The molecule has 0 atom stereocenters. The molecule has 0 fully saturated rings. The summed E-state index contributed by atoms with van der Waals surface area (Å²) < 4.78 is 3.87. The quantitative estimate of drug-likeness (QED) is 0.865. The summed E-state index contributed by atoms with van der Waals surface area (Å²) in [4.78, 5) is 12.2. The number of hydrogen-bond acceptors (Lipinski definition) is 4. The molecule has 2 aromatic rings. The number of aromatic nitrogens is 4. The van der Waals surface area contributed by atoms with Crippen LogP contribution < -0.4 is 10.9 Å². The Morgan fingerprint density at radius 1 is 1.33 bits per heavy atom. The first kappa shape index (κ1) is 15.8. The number of nitrogens with zero attached hydrogens (tertiary/aromatic N) is 4. The van der Waals surface area contributed by atoms with E-state index in [1.54, 1.807) is 6.20 Å². The second kappa shape index (κ2) is 6.89. The Kier molecular flexibility index (Phi) is 5.17. The molecule has 0 amide bonds. The maximum absolute atomic E-state index is 12.2. The molecule has 2 rings (SSSR count). The van der Waals surface area contributed by atoms with Crippen molar-refractivity contribution in [1.29, 1.82) is 0 Å². The van der Waals surface area contributed by atoms with E-state index < -0.39 is 0 Å². The fourth-order valence-corrected chi connectivity index (χ4v) is 2.41. The first-order chi connectivity index (χ1) is 9.97. The van der Waals surface area contributed by atoms with Gasteiger partial charge >= 0.3 is 0 Å². The zero-order valence-corrected chi connectivity index (χ0v) is 14.1. The summed E-state index contributed by atoms with van der Waals surface area (Å²) in [5.74, 6) is 0.379. The number of anilines is 1. The van der Waals surface area contributed by atoms with Crippen molar-refractivity contribution in [3.8, 4) is 0 Å². The van der Waals surface area contributed by atoms with Crippen LogP contribution in [0.3, 0.4) is 0 Å². The Labute approximate surface area is 132 Å². The lowest BCUT2D eigenvalue weighted by Crippen LogP contribution is -2.26. The topological polar surface area (TPSA) is 64.7 Å². The van der Waals surface area contributed by atoms with Gasteiger partial charge in [0.25, 0.3) is 5.56 Å². The molecule has 0 aromatic carbocycles. The average molecular weight is 354 g/mol. The molecule has 0 aliphatic carbocycles. The van der Waals surface area contributed by atoms with Crippen LogP contribution in [-0.4, -0.2) is 26.1 Å². The number of aryl methyl sites for hydroxylation is 1. The van der Waals surface area contributed by atoms with Crippen LogP contribution >= 0.6 is 15.9 Å². The highest BCUT2D eigenvalue weighted by Crippen LogP contribution is 2.16. The van der Waals surface area contributed by atoms with Gasteiger partial charge in [-0.1, -0.05) is 13.8 Å². The molecule has 0 spiro atoms. The smallest absolute Gasteiger partial charge is 0.283 e. The van der Waals surface area contributed by atoms with Crippen LogP contribution in [0.5, 0.6) is 0 Å². The summed E-state index contributed by atoms with van der Waals surface area (Å²) in [5.41, 5.74) is 1.74. The monoisotopic (exact) mass is 353 g/mol. The Morgan fingerprint density at radius 2 is 2.10 bits per heavy atom. The highest BCUT2D eigenvalue weighted by molar-refractivity contribution is 9.10. The fraction of sp³-hybridized carbons (Fsp3) is 0.500. The standard InChI is InChI=1S/C14H20BrN5O/c1-10(2)8-20-14(21)13(15)12(7-18-20)16-4-5-19-9-11(3)6-17-19/h6-7,9-10,16H,4-5,8H2,1-3H3. The molecular weight excluding hydrogens is 334 g/mol. The van der Waals surface area contributed by atoms with Gasteiger partial charge in [-0.3, -0.25) is 9.48 Å². The predicted octanol–water partition coefficient (Wildman–Crippen LogP) is 2.28. The summed E-state index contributed by atoms with van der Waals surface area (Å²) in [6, 6.07) is 0.